The molecular formula is C3H8CaO5S. The molecule has 0 heterocycles. The summed E-state index contributed by atoms with van der Waals surface area (Å²) in [5, 5.41) is 6.24. The van der Waals surface area contributed by atoms with Crippen LogP contribution < -0.4 is 0 Å². The van der Waals surface area contributed by atoms with E-state index < -0.39 is 21.3 Å². The van der Waals surface area contributed by atoms with Crippen LogP contribution in [-0.4, -0.2) is 67.0 Å². The summed E-state index contributed by atoms with van der Waals surface area (Å²) < 4.78 is 27.9. The van der Waals surface area contributed by atoms with E-state index in [2.05, 4.69) is 0 Å². The molecule has 0 fully saturated rings. The van der Waals surface area contributed by atoms with Gasteiger partial charge in [0, 0.05) is 0 Å². The normalized spacial score (nSPS) is 13.4. The van der Waals surface area contributed by atoms with E-state index in [1.165, 1.54) is 0 Å². The SMILES string of the molecule is CC(C(=O)O)S(=O)(=O)O.[Ca+2].[H-].[H-]. The molecule has 58 valence electrons. The standard InChI is InChI=1S/C3H6O5S.Ca.2H/c1-2(3(4)5)9(6,7)8;;;/h2H,1H3,(H,4,5)(H,6,7,8);;;/q;+2;2*-1. The van der Waals surface area contributed by atoms with Gasteiger partial charge in [0.05, 0.1) is 0 Å². The van der Waals surface area contributed by atoms with Crippen LogP contribution in [0.4, 0.5) is 0 Å². The van der Waals surface area contributed by atoms with Gasteiger partial charge in [0.1, 0.15) is 0 Å². The van der Waals surface area contributed by atoms with Crippen molar-refractivity contribution >= 4 is 53.8 Å². The number of rotatable bonds is 2. The number of hydrogen-bond donors (Lipinski definition) is 2. The molecule has 0 bridgehead atoms. The van der Waals surface area contributed by atoms with E-state index in [0.717, 1.165) is 6.92 Å². The van der Waals surface area contributed by atoms with Crippen molar-refractivity contribution in [3.8, 4) is 0 Å². The molecule has 0 rings (SSSR count). The molecule has 0 spiro atoms. The van der Waals surface area contributed by atoms with Crippen molar-refractivity contribution in [3.05, 3.63) is 0 Å². The van der Waals surface area contributed by atoms with Crippen LogP contribution in [0.1, 0.15) is 9.78 Å². The van der Waals surface area contributed by atoms with Gasteiger partial charge in [0.2, 0.25) is 0 Å². The van der Waals surface area contributed by atoms with Crippen LogP contribution in [0.25, 0.3) is 0 Å². The van der Waals surface area contributed by atoms with Gasteiger partial charge in [-0.25, -0.2) is 0 Å². The first-order valence-corrected chi connectivity index (χ1v) is 3.55. The van der Waals surface area contributed by atoms with Crippen molar-refractivity contribution in [2.45, 2.75) is 12.2 Å². The minimum absolute atomic E-state index is 0. The molecule has 0 aliphatic heterocycles. The van der Waals surface area contributed by atoms with E-state index in [0.29, 0.717) is 0 Å². The van der Waals surface area contributed by atoms with Crippen LogP contribution in [-0.2, 0) is 14.9 Å². The van der Waals surface area contributed by atoms with Gasteiger partial charge in [-0.2, -0.15) is 8.42 Å². The van der Waals surface area contributed by atoms with E-state index in [1.807, 2.05) is 0 Å². The van der Waals surface area contributed by atoms with Crippen molar-refractivity contribution in [1.29, 1.82) is 0 Å². The minimum Gasteiger partial charge on any atom is -1.00 e. The Morgan fingerprint density at radius 2 is 1.90 bits per heavy atom. The smallest absolute Gasteiger partial charge is 1.00 e. The molecule has 0 amide bonds. The molecule has 5 nitrogen and oxygen atoms in total. The largest absolute Gasteiger partial charge is 2.00 e. The Bertz CT molecular complexity index is 215. The molecule has 0 aromatic carbocycles. The van der Waals surface area contributed by atoms with Gasteiger partial charge in [-0.15, -0.1) is 0 Å². The summed E-state index contributed by atoms with van der Waals surface area (Å²) in [5.41, 5.74) is 0. The molecule has 10 heavy (non-hydrogen) atoms. The fourth-order valence-electron chi connectivity index (χ4n) is 0.127. The van der Waals surface area contributed by atoms with E-state index >= 15 is 0 Å². The molecule has 0 radical (unpaired) electrons. The molecule has 0 aromatic rings. The monoisotopic (exact) mass is 196 g/mol. The van der Waals surface area contributed by atoms with E-state index in [9.17, 15) is 13.2 Å². The minimum atomic E-state index is -4.40. The van der Waals surface area contributed by atoms with Crippen molar-refractivity contribution in [2.75, 3.05) is 0 Å². The van der Waals surface area contributed by atoms with Crippen molar-refractivity contribution in [2.24, 2.45) is 0 Å². The number of carboxylic acid groups (broad SMARTS) is 1. The Hall–Kier alpha value is 0.640. The molecule has 1 atom stereocenters. The zero-order valence-corrected chi connectivity index (χ0v) is 8.34. The van der Waals surface area contributed by atoms with Gasteiger partial charge in [-0.05, 0) is 6.92 Å². The molecule has 7 heteroatoms. The van der Waals surface area contributed by atoms with Crippen LogP contribution in [0.15, 0.2) is 0 Å². The zero-order valence-electron chi connectivity index (χ0n) is 7.31. The molecule has 1 unspecified atom stereocenters. The van der Waals surface area contributed by atoms with E-state index in [-0.39, 0.29) is 40.6 Å². The van der Waals surface area contributed by atoms with Crippen molar-refractivity contribution < 1.29 is 25.7 Å². The fraction of sp³-hybridized carbons (Fsp3) is 0.667. The van der Waals surface area contributed by atoms with Gasteiger partial charge in [-0.1, -0.05) is 0 Å². The number of carboxylic acids is 1. The molecule has 0 saturated heterocycles. The average molecular weight is 196 g/mol. The Morgan fingerprint density at radius 3 is 1.90 bits per heavy atom. The summed E-state index contributed by atoms with van der Waals surface area (Å²) in [5.74, 6) is -1.56. The first-order valence-electron chi connectivity index (χ1n) is 2.05. The van der Waals surface area contributed by atoms with Crippen molar-refractivity contribution in [3.63, 3.8) is 0 Å². The molecule has 0 aromatic heterocycles. The van der Waals surface area contributed by atoms with Gasteiger partial charge in [0.15, 0.2) is 5.25 Å². The summed E-state index contributed by atoms with van der Waals surface area (Å²) in [6.07, 6.45) is 0. The maximum Gasteiger partial charge on any atom is 2.00 e. The average Bonchev–Trinajstić information content (AvgIpc) is 1.62. The van der Waals surface area contributed by atoms with Gasteiger partial charge < -0.3 is 7.96 Å². The van der Waals surface area contributed by atoms with Gasteiger partial charge in [0.25, 0.3) is 10.1 Å². The molecular weight excluding hydrogens is 188 g/mol. The molecule has 0 saturated carbocycles. The van der Waals surface area contributed by atoms with Crippen LogP contribution in [0.3, 0.4) is 0 Å². The predicted octanol–water partition coefficient (Wildman–Crippen LogP) is -0.809. The second-order valence-electron chi connectivity index (χ2n) is 1.50. The van der Waals surface area contributed by atoms with E-state index in [1.54, 1.807) is 0 Å². The molecule has 2 N–H and O–H groups in total. The maximum absolute atomic E-state index is 9.95. The van der Waals surface area contributed by atoms with Crippen LogP contribution in [0.5, 0.6) is 0 Å². The summed E-state index contributed by atoms with van der Waals surface area (Å²) in [6, 6.07) is 0. The first kappa shape index (κ1) is 13.2. The number of hydrogen-bond acceptors (Lipinski definition) is 3. The zero-order chi connectivity index (χ0) is 7.65. The molecule has 0 aliphatic rings. The quantitative estimate of drug-likeness (QED) is 0.445. The Labute approximate surface area is 91.1 Å². The van der Waals surface area contributed by atoms with Gasteiger partial charge in [-0.3, -0.25) is 9.35 Å². The Balaban J connectivity index is -0.000000107. The summed E-state index contributed by atoms with van der Waals surface area (Å²) >= 11 is 0. The summed E-state index contributed by atoms with van der Waals surface area (Å²) in [6.45, 7) is 0.887. The van der Waals surface area contributed by atoms with Crippen LogP contribution in [0, 0.1) is 0 Å². The predicted molar refractivity (Wildman–Crippen MR) is 36.6 cm³/mol. The summed E-state index contributed by atoms with van der Waals surface area (Å²) in [4.78, 5) is 9.81. The Kier molecular flexibility index (Phi) is 5.97. The van der Waals surface area contributed by atoms with Crippen LogP contribution in [0.2, 0.25) is 0 Å². The summed E-state index contributed by atoms with van der Waals surface area (Å²) in [7, 11) is -4.40. The second-order valence-corrected chi connectivity index (χ2v) is 3.23. The third kappa shape index (κ3) is 4.45. The first-order chi connectivity index (χ1) is 3.85. The number of aliphatic carboxylic acids is 1. The topological polar surface area (TPSA) is 91.7 Å². The van der Waals surface area contributed by atoms with E-state index in [4.69, 9.17) is 9.66 Å². The third-order valence-electron chi connectivity index (χ3n) is 0.795. The molecule has 0 aliphatic carbocycles. The number of carbonyl (C=O) groups is 1. The van der Waals surface area contributed by atoms with Crippen molar-refractivity contribution in [1.82, 2.24) is 0 Å². The third-order valence-corrected chi connectivity index (χ3v) is 1.89. The van der Waals surface area contributed by atoms with Crippen LogP contribution >= 0.6 is 0 Å². The fourth-order valence-corrected chi connectivity index (χ4v) is 0.382. The van der Waals surface area contributed by atoms with Gasteiger partial charge >= 0.3 is 43.7 Å². The Morgan fingerprint density at radius 1 is 1.60 bits per heavy atom. The second kappa shape index (κ2) is 4.50. The maximum atomic E-state index is 9.95.